The lowest BCUT2D eigenvalue weighted by Crippen LogP contribution is -2.32. The molecule has 0 unspecified atom stereocenters. The van der Waals surface area contributed by atoms with Crippen molar-refractivity contribution < 1.29 is 23.5 Å². The Hall–Kier alpha value is -3.19. The molecule has 144 valence electrons. The zero-order valence-corrected chi connectivity index (χ0v) is 15.9. The molecule has 1 aromatic heterocycles. The lowest BCUT2D eigenvalue weighted by Gasteiger charge is -2.18. The standard InChI is InChI=1S/C21H18FNO4S/c1-26-21(25)15-4-2-5-17(12-15)27-13-19(24)23-20(18-6-3-11-28-18)14-7-9-16(22)10-8-14/h2-12,20H,13H2,1H3,(H,23,24)/t20-/m0/s1. The van der Waals surface area contributed by atoms with Crippen LogP contribution in [0.4, 0.5) is 4.39 Å². The number of halogens is 1. The molecule has 0 aliphatic carbocycles. The maximum atomic E-state index is 13.2. The highest BCUT2D eigenvalue weighted by Crippen LogP contribution is 2.26. The molecule has 0 saturated heterocycles. The molecule has 0 radical (unpaired) electrons. The average Bonchev–Trinajstić information content (AvgIpc) is 3.25. The van der Waals surface area contributed by atoms with E-state index in [2.05, 4.69) is 10.1 Å². The van der Waals surface area contributed by atoms with E-state index in [0.717, 1.165) is 10.4 Å². The molecular weight excluding hydrogens is 381 g/mol. The number of carbonyl (C=O) groups excluding carboxylic acids is 2. The third kappa shape index (κ3) is 4.95. The van der Waals surface area contributed by atoms with Gasteiger partial charge in [-0.05, 0) is 47.3 Å². The van der Waals surface area contributed by atoms with Gasteiger partial charge in [0, 0.05) is 4.88 Å². The minimum Gasteiger partial charge on any atom is -0.484 e. The summed E-state index contributed by atoms with van der Waals surface area (Å²) >= 11 is 1.49. The molecule has 3 aromatic rings. The SMILES string of the molecule is COC(=O)c1cccc(OCC(=O)N[C@@H](c2ccc(F)cc2)c2cccs2)c1. The largest absolute Gasteiger partial charge is 0.484 e. The fourth-order valence-electron chi connectivity index (χ4n) is 2.61. The fourth-order valence-corrected chi connectivity index (χ4v) is 3.41. The van der Waals surface area contributed by atoms with E-state index in [-0.39, 0.29) is 18.3 Å². The molecule has 7 heteroatoms. The van der Waals surface area contributed by atoms with E-state index >= 15 is 0 Å². The first kappa shape index (κ1) is 19.6. The summed E-state index contributed by atoms with van der Waals surface area (Å²) in [5, 5.41) is 4.82. The van der Waals surface area contributed by atoms with Crippen LogP contribution in [0.2, 0.25) is 0 Å². The molecule has 0 aliphatic heterocycles. The van der Waals surface area contributed by atoms with E-state index in [1.165, 1.54) is 36.6 Å². The number of hydrogen-bond donors (Lipinski definition) is 1. The molecule has 3 rings (SSSR count). The van der Waals surface area contributed by atoms with Crippen LogP contribution in [0.5, 0.6) is 5.75 Å². The zero-order valence-electron chi connectivity index (χ0n) is 15.1. The first-order chi connectivity index (χ1) is 13.6. The average molecular weight is 399 g/mol. The van der Waals surface area contributed by atoms with Crippen molar-refractivity contribution in [3.8, 4) is 5.75 Å². The summed E-state index contributed by atoms with van der Waals surface area (Å²) < 4.78 is 23.4. The van der Waals surface area contributed by atoms with Crippen molar-refractivity contribution in [1.29, 1.82) is 0 Å². The van der Waals surface area contributed by atoms with Crippen LogP contribution in [-0.4, -0.2) is 25.6 Å². The Bertz CT molecular complexity index is 941. The number of nitrogens with one attached hydrogen (secondary N) is 1. The summed E-state index contributed by atoms with van der Waals surface area (Å²) in [4.78, 5) is 24.9. The Morgan fingerprint density at radius 2 is 1.89 bits per heavy atom. The maximum absolute atomic E-state index is 13.2. The topological polar surface area (TPSA) is 64.6 Å². The number of benzene rings is 2. The van der Waals surface area contributed by atoms with Crippen molar-refractivity contribution in [2.75, 3.05) is 13.7 Å². The lowest BCUT2D eigenvalue weighted by atomic mass is 10.1. The maximum Gasteiger partial charge on any atom is 0.337 e. The number of thiophene rings is 1. The van der Waals surface area contributed by atoms with Crippen LogP contribution in [0.15, 0.2) is 66.0 Å². The molecule has 1 N–H and O–H groups in total. The van der Waals surface area contributed by atoms with Crippen LogP contribution < -0.4 is 10.1 Å². The van der Waals surface area contributed by atoms with E-state index in [1.54, 1.807) is 30.3 Å². The van der Waals surface area contributed by atoms with Crippen LogP contribution in [0.1, 0.15) is 26.8 Å². The van der Waals surface area contributed by atoms with Gasteiger partial charge in [0.25, 0.3) is 5.91 Å². The van der Waals surface area contributed by atoms with Gasteiger partial charge in [-0.15, -0.1) is 11.3 Å². The van der Waals surface area contributed by atoms with Gasteiger partial charge < -0.3 is 14.8 Å². The van der Waals surface area contributed by atoms with Gasteiger partial charge in [0.05, 0.1) is 18.7 Å². The quantitative estimate of drug-likeness (QED) is 0.611. The van der Waals surface area contributed by atoms with Gasteiger partial charge in [-0.3, -0.25) is 4.79 Å². The van der Waals surface area contributed by atoms with E-state index in [4.69, 9.17) is 4.74 Å². The Morgan fingerprint density at radius 3 is 2.57 bits per heavy atom. The van der Waals surface area contributed by atoms with E-state index in [9.17, 15) is 14.0 Å². The molecule has 0 fully saturated rings. The van der Waals surface area contributed by atoms with Gasteiger partial charge in [0.15, 0.2) is 6.61 Å². The number of methoxy groups -OCH3 is 1. The van der Waals surface area contributed by atoms with Gasteiger partial charge >= 0.3 is 5.97 Å². The molecule has 1 amide bonds. The summed E-state index contributed by atoms with van der Waals surface area (Å²) in [7, 11) is 1.30. The Balaban J connectivity index is 1.68. The van der Waals surface area contributed by atoms with Crippen molar-refractivity contribution in [3.63, 3.8) is 0 Å². The third-order valence-corrected chi connectivity index (χ3v) is 4.90. The van der Waals surface area contributed by atoms with Crippen LogP contribution >= 0.6 is 11.3 Å². The molecule has 28 heavy (non-hydrogen) atoms. The van der Waals surface area contributed by atoms with Gasteiger partial charge in [0.2, 0.25) is 0 Å². The second kappa shape index (κ2) is 9.14. The molecule has 0 spiro atoms. The van der Waals surface area contributed by atoms with Crippen molar-refractivity contribution in [1.82, 2.24) is 5.32 Å². The molecule has 0 saturated carbocycles. The van der Waals surface area contributed by atoms with Crippen LogP contribution in [-0.2, 0) is 9.53 Å². The first-order valence-electron chi connectivity index (χ1n) is 8.46. The predicted octanol–water partition coefficient (Wildman–Crippen LogP) is 3.96. The molecule has 5 nitrogen and oxygen atoms in total. The fraction of sp³-hybridized carbons (Fsp3) is 0.143. The molecular formula is C21H18FNO4S. The van der Waals surface area contributed by atoms with E-state index < -0.39 is 12.0 Å². The molecule has 1 atom stereocenters. The minimum absolute atomic E-state index is 0.228. The lowest BCUT2D eigenvalue weighted by molar-refractivity contribution is -0.123. The van der Waals surface area contributed by atoms with Gasteiger partial charge in [-0.25, -0.2) is 9.18 Å². The predicted molar refractivity (Wildman–Crippen MR) is 104 cm³/mol. The van der Waals surface area contributed by atoms with E-state index in [0.29, 0.717) is 11.3 Å². The number of amides is 1. The Labute approximate surface area is 165 Å². The highest BCUT2D eigenvalue weighted by atomic mass is 32.1. The monoisotopic (exact) mass is 399 g/mol. The molecule has 0 aliphatic rings. The highest BCUT2D eigenvalue weighted by Gasteiger charge is 2.18. The van der Waals surface area contributed by atoms with Crippen LogP contribution in [0, 0.1) is 5.82 Å². The summed E-state index contributed by atoms with van der Waals surface area (Å²) in [6, 6.07) is 15.8. The van der Waals surface area contributed by atoms with Crippen molar-refractivity contribution in [2.24, 2.45) is 0 Å². The summed E-state index contributed by atoms with van der Waals surface area (Å²) in [5.41, 5.74) is 1.10. The second-order valence-electron chi connectivity index (χ2n) is 5.88. The van der Waals surface area contributed by atoms with Crippen LogP contribution in [0.3, 0.4) is 0 Å². The second-order valence-corrected chi connectivity index (χ2v) is 6.85. The molecule has 1 heterocycles. The van der Waals surface area contributed by atoms with Crippen molar-refractivity contribution in [2.45, 2.75) is 6.04 Å². The minimum atomic E-state index is -0.482. The smallest absolute Gasteiger partial charge is 0.337 e. The van der Waals surface area contributed by atoms with Gasteiger partial charge in [-0.1, -0.05) is 24.3 Å². The third-order valence-electron chi connectivity index (χ3n) is 3.96. The number of ether oxygens (including phenoxy) is 2. The normalized spacial score (nSPS) is 11.5. The van der Waals surface area contributed by atoms with E-state index in [1.807, 2.05) is 17.5 Å². The Kier molecular flexibility index (Phi) is 6.39. The number of rotatable bonds is 7. The van der Waals surface area contributed by atoms with Crippen molar-refractivity contribution in [3.05, 3.63) is 87.9 Å². The molecule has 2 aromatic carbocycles. The summed E-state index contributed by atoms with van der Waals surface area (Å²) in [6.45, 7) is -0.228. The first-order valence-corrected chi connectivity index (χ1v) is 9.34. The zero-order chi connectivity index (χ0) is 19.9. The van der Waals surface area contributed by atoms with Crippen LogP contribution in [0.25, 0.3) is 0 Å². The van der Waals surface area contributed by atoms with Gasteiger partial charge in [0.1, 0.15) is 11.6 Å². The van der Waals surface area contributed by atoms with Gasteiger partial charge in [-0.2, -0.15) is 0 Å². The summed E-state index contributed by atoms with van der Waals surface area (Å²) in [5.74, 6) is -0.781. The number of esters is 1. The number of hydrogen-bond acceptors (Lipinski definition) is 5. The van der Waals surface area contributed by atoms with Crippen molar-refractivity contribution >= 4 is 23.2 Å². The summed E-state index contributed by atoms with van der Waals surface area (Å²) in [6.07, 6.45) is 0. The number of carbonyl (C=O) groups is 2. The molecule has 0 bridgehead atoms. The highest BCUT2D eigenvalue weighted by molar-refractivity contribution is 7.10. The Morgan fingerprint density at radius 1 is 1.11 bits per heavy atom.